The van der Waals surface area contributed by atoms with Crippen LogP contribution < -0.4 is 10.6 Å². The fraction of sp³-hybridized carbons (Fsp3) is 0.500. The molecule has 2 atom stereocenters. The van der Waals surface area contributed by atoms with Crippen LogP contribution in [0.3, 0.4) is 0 Å². The van der Waals surface area contributed by atoms with Crippen LogP contribution in [-0.2, 0) is 14.3 Å². The van der Waals surface area contributed by atoms with Crippen molar-refractivity contribution in [3.05, 3.63) is 52.4 Å². The summed E-state index contributed by atoms with van der Waals surface area (Å²) in [5, 5.41) is 10.7. The molecule has 0 saturated carbocycles. The molecule has 1 aliphatic rings. The first-order chi connectivity index (χ1) is 18.9. The number of thioether (sulfide) groups is 1. The van der Waals surface area contributed by atoms with Crippen LogP contribution >= 0.6 is 23.4 Å². The van der Waals surface area contributed by atoms with Crippen molar-refractivity contribution < 1.29 is 14.3 Å². The molecule has 9 heteroatoms. The first-order valence-corrected chi connectivity index (χ1v) is 15.3. The van der Waals surface area contributed by atoms with Gasteiger partial charge in [-0.15, -0.1) is 11.8 Å². The van der Waals surface area contributed by atoms with Gasteiger partial charge in [-0.1, -0.05) is 48.9 Å². The maximum atomic E-state index is 13.9. The number of ether oxygens (including phenoxy) is 1. The number of benzene rings is 2. The molecule has 1 fully saturated rings. The zero-order chi connectivity index (χ0) is 28.2. The number of halogens is 1. The first kappa shape index (κ1) is 31.1. The van der Waals surface area contributed by atoms with E-state index in [0.717, 1.165) is 41.3 Å². The normalized spacial score (nSPS) is 16.4. The average molecular weight is 573 g/mol. The van der Waals surface area contributed by atoms with Crippen molar-refractivity contribution in [1.82, 2.24) is 15.5 Å². The predicted molar refractivity (Wildman–Crippen MR) is 164 cm³/mol. The fourth-order valence-electron chi connectivity index (χ4n) is 4.86. The van der Waals surface area contributed by atoms with E-state index in [9.17, 15) is 9.59 Å². The SMILES string of the molecule is CCCN(CC=N/C(=C\SC)c1ccc(Cl)c2ccccc12)C(=O)C(CNC(=O)[C@H](C)NC)C1CCOCC1. The van der Waals surface area contributed by atoms with Gasteiger partial charge in [-0.05, 0) is 62.3 Å². The van der Waals surface area contributed by atoms with Crippen LogP contribution in [0.15, 0.2) is 46.8 Å². The van der Waals surface area contributed by atoms with Crippen LogP contribution in [0.1, 0.15) is 38.7 Å². The van der Waals surface area contributed by atoms with Crippen LogP contribution in [-0.4, -0.2) is 75.1 Å². The minimum atomic E-state index is -0.320. The Labute approximate surface area is 241 Å². The van der Waals surface area contributed by atoms with Crippen LogP contribution in [0.25, 0.3) is 16.5 Å². The highest BCUT2D eigenvalue weighted by molar-refractivity contribution is 8.01. The van der Waals surface area contributed by atoms with Crippen molar-refractivity contribution in [2.24, 2.45) is 16.8 Å². The number of nitrogens with zero attached hydrogens (tertiary/aromatic N) is 2. The quantitative estimate of drug-likeness (QED) is 0.321. The molecule has 7 nitrogen and oxygen atoms in total. The monoisotopic (exact) mass is 572 g/mol. The third-order valence-corrected chi connectivity index (χ3v) is 7.98. The van der Waals surface area contributed by atoms with Gasteiger partial charge in [0.15, 0.2) is 0 Å². The van der Waals surface area contributed by atoms with Crippen LogP contribution in [0, 0.1) is 11.8 Å². The zero-order valence-corrected chi connectivity index (χ0v) is 25.0. The van der Waals surface area contributed by atoms with Gasteiger partial charge in [0, 0.05) is 48.5 Å². The second kappa shape index (κ2) is 16.0. The van der Waals surface area contributed by atoms with E-state index in [1.54, 1.807) is 18.8 Å². The van der Waals surface area contributed by atoms with E-state index < -0.39 is 0 Å². The van der Waals surface area contributed by atoms with Crippen molar-refractivity contribution in [2.45, 2.75) is 39.2 Å². The molecule has 0 bridgehead atoms. The summed E-state index contributed by atoms with van der Waals surface area (Å²) in [6.45, 7) is 6.49. The number of fused-ring (bicyclic) bond motifs is 1. The number of carbonyl (C=O) groups is 2. The summed E-state index contributed by atoms with van der Waals surface area (Å²) in [6.07, 6.45) is 6.28. The molecule has 39 heavy (non-hydrogen) atoms. The van der Waals surface area contributed by atoms with Gasteiger partial charge in [-0.3, -0.25) is 14.6 Å². The number of hydrogen-bond donors (Lipinski definition) is 2. The second-order valence-electron chi connectivity index (χ2n) is 9.79. The zero-order valence-electron chi connectivity index (χ0n) is 23.4. The molecule has 0 spiro atoms. The summed E-state index contributed by atoms with van der Waals surface area (Å²) in [6, 6.07) is 11.6. The topological polar surface area (TPSA) is 83.0 Å². The van der Waals surface area contributed by atoms with Gasteiger partial charge >= 0.3 is 0 Å². The Bertz CT molecular complexity index is 1170. The maximum Gasteiger partial charge on any atom is 0.236 e. The summed E-state index contributed by atoms with van der Waals surface area (Å²) in [7, 11) is 1.75. The number of rotatable bonds is 13. The van der Waals surface area contributed by atoms with Gasteiger partial charge in [0.2, 0.25) is 11.8 Å². The maximum absolute atomic E-state index is 13.9. The van der Waals surface area contributed by atoms with E-state index in [1.807, 2.05) is 60.0 Å². The van der Waals surface area contributed by atoms with E-state index in [2.05, 4.69) is 23.6 Å². The molecular weight excluding hydrogens is 532 g/mol. The molecule has 2 N–H and O–H groups in total. The Morgan fingerprint density at radius 3 is 2.59 bits per heavy atom. The predicted octanol–water partition coefficient (Wildman–Crippen LogP) is 5.23. The molecule has 2 amide bonds. The largest absolute Gasteiger partial charge is 0.381 e. The van der Waals surface area contributed by atoms with Crippen molar-refractivity contribution in [3.8, 4) is 0 Å². The number of amides is 2. The number of likely N-dealkylation sites (N-methyl/N-ethyl adjacent to an activating group) is 1. The molecule has 0 aliphatic carbocycles. The lowest BCUT2D eigenvalue weighted by Gasteiger charge is -2.33. The Morgan fingerprint density at radius 2 is 1.92 bits per heavy atom. The van der Waals surface area contributed by atoms with Gasteiger partial charge in [0.1, 0.15) is 0 Å². The number of carbonyl (C=O) groups excluding carboxylic acids is 2. The highest BCUT2D eigenvalue weighted by atomic mass is 35.5. The van der Waals surface area contributed by atoms with Gasteiger partial charge in [-0.2, -0.15) is 0 Å². The van der Waals surface area contributed by atoms with Crippen molar-refractivity contribution >= 4 is 57.9 Å². The molecule has 2 aromatic rings. The van der Waals surface area contributed by atoms with Gasteiger partial charge in [0.05, 0.1) is 24.2 Å². The molecule has 0 radical (unpaired) electrons. The summed E-state index contributed by atoms with van der Waals surface area (Å²) in [5.74, 6) is -0.184. The van der Waals surface area contributed by atoms with Crippen molar-refractivity contribution in [2.75, 3.05) is 46.2 Å². The van der Waals surface area contributed by atoms with E-state index in [4.69, 9.17) is 21.3 Å². The lowest BCUT2D eigenvalue weighted by molar-refractivity contribution is -0.138. The molecule has 2 aromatic carbocycles. The first-order valence-electron chi connectivity index (χ1n) is 13.7. The summed E-state index contributed by atoms with van der Waals surface area (Å²) in [5.41, 5.74) is 1.82. The molecule has 3 rings (SSSR count). The lowest BCUT2D eigenvalue weighted by Crippen LogP contribution is -2.49. The number of hydrogen-bond acceptors (Lipinski definition) is 6. The minimum Gasteiger partial charge on any atom is -0.381 e. The average Bonchev–Trinajstić information content (AvgIpc) is 2.96. The lowest BCUT2D eigenvalue weighted by atomic mass is 9.84. The highest BCUT2D eigenvalue weighted by Gasteiger charge is 2.33. The molecule has 1 heterocycles. The smallest absolute Gasteiger partial charge is 0.236 e. The van der Waals surface area contributed by atoms with Crippen LogP contribution in [0.4, 0.5) is 0 Å². The van der Waals surface area contributed by atoms with Gasteiger partial charge in [0.25, 0.3) is 0 Å². The molecular formula is C30H41ClN4O3S. The Kier molecular flexibility index (Phi) is 12.8. The van der Waals surface area contributed by atoms with Gasteiger partial charge < -0.3 is 20.3 Å². The number of aliphatic imine (C=N–C) groups is 1. The van der Waals surface area contributed by atoms with E-state index in [0.29, 0.717) is 37.9 Å². The molecule has 1 aliphatic heterocycles. The second-order valence-corrected chi connectivity index (χ2v) is 10.9. The van der Waals surface area contributed by atoms with Gasteiger partial charge in [-0.25, -0.2) is 0 Å². The van der Waals surface area contributed by atoms with E-state index in [-0.39, 0.29) is 29.7 Å². The van der Waals surface area contributed by atoms with E-state index in [1.165, 1.54) is 0 Å². The third-order valence-electron chi connectivity index (χ3n) is 7.19. The molecule has 0 aromatic heterocycles. The fourth-order valence-corrected chi connectivity index (χ4v) is 5.50. The minimum absolute atomic E-state index is 0.0555. The van der Waals surface area contributed by atoms with Crippen LogP contribution in [0.2, 0.25) is 5.02 Å². The van der Waals surface area contributed by atoms with Crippen molar-refractivity contribution in [1.29, 1.82) is 0 Å². The Balaban J connectivity index is 1.81. The summed E-state index contributed by atoms with van der Waals surface area (Å²) >= 11 is 8.03. The van der Waals surface area contributed by atoms with Crippen molar-refractivity contribution in [3.63, 3.8) is 0 Å². The standard InChI is InChI=1S/C30H41ClN4O3S/c1-5-15-35(30(37)26(22-12-17-38-18-13-22)19-34-29(36)21(2)32-3)16-14-33-28(20-39-4)25-10-11-27(31)24-9-7-6-8-23(24)25/h6-11,14,20-22,26,32H,5,12-13,15-19H2,1-4H3,(H,34,36)/b28-20-,33-14?/t21-,26?/m0/s1. The van der Waals surface area contributed by atoms with E-state index >= 15 is 0 Å². The molecule has 1 unspecified atom stereocenters. The summed E-state index contributed by atoms with van der Waals surface area (Å²) in [4.78, 5) is 33.1. The highest BCUT2D eigenvalue weighted by Crippen LogP contribution is 2.32. The number of nitrogens with one attached hydrogen (secondary N) is 2. The molecule has 212 valence electrons. The Hall–Kier alpha value is -2.39. The molecule has 1 saturated heterocycles. The summed E-state index contributed by atoms with van der Waals surface area (Å²) < 4.78 is 5.55. The van der Waals surface area contributed by atoms with Crippen LogP contribution in [0.5, 0.6) is 0 Å². The Morgan fingerprint density at radius 1 is 1.21 bits per heavy atom. The third kappa shape index (κ3) is 8.55.